The van der Waals surface area contributed by atoms with Crippen LogP contribution in [0.3, 0.4) is 0 Å². The van der Waals surface area contributed by atoms with Gasteiger partial charge in [-0.25, -0.2) is 4.39 Å². The van der Waals surface area contributed by atoms with Crippen LogP contribution in [0, 0.1) is 17.7 Å². The Hall–Kier alpha value is -4.04. The molecule has 194 valence electrons. The largest absolute Gasteiger partial charge is 0.497 e. The van der Waals surface area contributed by atoms with E-state index in [4.69, 9.17) is 4.74 Å². The highest BCUT2D eigenvalue weighted by Crippen LogP contribution is 2.43. The number of nitrogens with zero attached hydrogens (tertiary/aromatic N) is 2. The normalized spacial score (nSPS) is 23.3. The van der Waals surface area contributed by atoms with Gasteiger partial charge in [-0.1, -0.05) is 6.08 Å². The molecule has 3 aliphatic rings. The predicted octanol–water partition coefficient (Wildman–Crippen LogP) is 4.77. The van der Waals surface area contributed by atoms with Gasteiger partial charge in [-0.2, -0.15) is 0 Å². The lowest BCUT2D eigenvalue weighted by atomic mass is 9.73. The summed E-state index contributed by atoms with van der Waals surface area (Å²) in [4.78, 5) is 32.5. The average Bonchev–Trinajstić information content (AvgIpc) is 2.97. The molecular formula is C30H29FN4O3. The van der Waals surface area contributed by atoms with Crippen LogP contribution in [-0.2, 0) is 0 Å². The summed E-state index contributed by atoms with van der Waals surface area (Å²) >= 11 is 0. The third-order valence-corrected chi connectivity index (χ3v) is 8.18. The molecule has 0 saturated carbocycles. The predicted molar refractivity (Wildman–Crippen MR) is 147 cm³/mol. The van der Waals surface area contributed by atoms with Gasteiger partial charge in [0.05, 0.1) is 18.7 Å². The van der Waals surface area contributed by atoms with Crippen LogP contribution in [0.1, 0.15) is 24.4 Å². The van der Waals surface area contributed by atoms with Crippen molar-refractivity contribution in [2.75, 3.05) is 30.8 Å². The van der Waals surface area contributed by atoms with Crippen LogP contribution in [0.25, 0.3) is 10.9 Å². The van der Waals surface area contributed by atoms with Gasteiger partial charge < -0.3 is 15.4 Å². The maximum Gasteiger partial charge on any atom is 0.253 e. The number of nitrogens with one attached hydrogen (secondary N) is 2. The number of ether oxygens (including phenoxy) is 1. The van der Waals surface area contributed by atoms with Crippen molar-refractivity contribution in [3.05, 3.63) is 99.2 Å². The first-order valence-corrected chi connectivity index (χ1v) is 12.9. The Morgan fingerprint density at radius 3 is 2.63 bits per heavy atom. The molecule has 3 saturated heterocycles. The second-order valence-electron chi connectivity index (χ2n) is 10.2. The maximum atomic E-state index is 13.4. The molecule has 38 heavy (non-hydrogen) atoms. The summed E-state index contributed by atoms with van der Waals surface area (Å²) in [6.07, 6.45) is 5.89. The van der Waals surface area contributed by atoms with E-state index in [-0.39, 0.29) is 29.3 Å². The van der Waals surface area contributed by atoms with E-state index in [2.05, 4.69) is 33.2 Å². The third-order valence-electron chi connectivity index (χ3n) is 8.18. The number of hydrogen-bond donors (Lipinski definition) is 2. The van der Waals surface area contributed by atoms with Crippen molar-refractivity contribution in [2.45, 2.75) is 24.9 Å². The summed E-state index contributed by atoms with van der Waals surface area (Å²) in [6, 6.07) is 13.3. The minimum Gasteiger partial charge on any atom is -0.497 e. The van der Waals surface area contributed by atoms with E-state index in [1.165, 1.54) is 24.3 Å². The number of piperidine rings is 3. The zero-order chi connectivity index (χ0) is 26.4. The molecule has 0 amide bonds. The number of methoxy groups -OCH3 is 1. The molecule has 1 aromatic heterocycles. The molecule has 0 radical (unpaired) electrons. The van der Waals surface area contributed by atoms with E-state index in [0.717, 1.165) is 48.1 Å². The first kappa shape index (κ1) is 24.3. The average molecular weight is 513 g/mol. The lowest BCUT2D eigenvalue weighted by Gasteiger charge is -2.52. The molecule has 7 rings (SSSR count). The molecule has 4 heterocycles. The standard InChI is InChI=1S/C30H29FN4O3/c1-3-17-16-35-13-11-18(17)14-25(35)26(22-10-12-32-24-9-8-21(38-2)15-23(22)24)34-28-27(29(36)30(28)37)33-20-6-4-19(31)5-7-20/h3-10,12,15,17-18,25-26,33-34H,1,11,13-14,16H2,2H3. The highest BCUT2D eigenvalue weighted by molar-refractivity contribution is 5.85. The van der Waals surface area contributed by atoms with Crippen molar-refractivity contribution < 1.29 is 9.13 Å². The third kappa shape index (κ3) is 4.15. The number of benzene rings is 2. The monoisotopic (exact) mass is 512 g/mol. The number of pyridine rings is 1. The molecule has 3 fully saturated rings. The van der Waals surface area contributed by atoms with Gasteiger partial charge >= 0.3 is 0 Å². The van der Waals surface area contributed by atoms with Gasteiger partial charge in [-0.3, -0.25) is 19.5 Å². The summed E-state index contributed by atoms with van der Waals surface area (Å²) in [5, 5.41) is 7.44. The summed E-state index contributed by atoms with van der Waals surface area (Å²) in [5.74, 6) is 1.30. The first-order valence-electron chi connectivity index (χ1n) is 12.9. The zero-order valence-electron chi connectivity index (χ0n) is 21.1. The first-order chi connectivity index (χ1) is 18.5. The van der Waals surface area contributed by atoms with Crippen LogP contribution in [0.4, 0.5) is 21.5 Å². The fraction of sp³-hybridized carbons (Fsp3) is 0.300. The van der Waals surface area contributed by atoms with E-state index >= 15 is 0 Å². The van der Waals surface area contributed by atoms with Gasteiger partial charge in [0.25, 0.3) is 10.9 Å². The Morgan fingerprint density at radius 1 is 1.13 bits per heavy atom. The van der Waals surface area contributed by atoms with Crippen LogP contribution in [0.5, 0.6) is 5.75 Å². The lowest BCUT2D eigenvalue weighted by Crippen LogP contribution is -2.56. The number of aromatic nitrogens is 1. The van der Waals surface area contributed by atoms with Crippen molar-refractivity contribution in [3.8, 4) is 5.75 Å². The van der Waals surface area contributed by atoms with Gasteiger partial charge in [0, 0.05) is 29.9 Å². The molecule has 0 spiro atoms. The number of rotatable bonds is 8. The molecule has 2 N–H and O–H groups in total. The minimum absolute atomic E-state index is 0.102. The van der Waals surface area contributed by atoms with Crippen molar-refractivity contribution in [1.29, 1.82) is 0 Å². The Balaban J connectivity index is 1.42. The van der Waals surface area contributed by atoms with E-state index in [1.54, 1.807) is 13.3 Å². The molecule has 3 aromatic carbocycles. The van der Waals surface area contributed by atoms with Crippen molar-refractivity contribution in [1.82, 2.24) is 9.88 Å². The maximum absolute atomic E-state index is 13.4. The quantitative estimate of drug-likeness (QED) is 0.260. The lowest BCUT2D eigenvalue weighted by molar-refractivity contribution is 0.0105. The summed E-state index contributed by atoms with van der Waals surface area (Å²) < 4.78 is 18.9. The molecule has 8 heteroatoms. The van der Waals surface area contributed by atoms with Crippen LogP contribution in [0.2, 0.25) is 0 Å². The van der Waals surface area contributed by atoms with Crippen molar-refractivity contribution >= 4 is 28.0 Å². The van der Waals surface area contributed by atoms with Gasteiger partial charge in [0.1, 0.15) is 22.9 Å². The number of fused-ring (bicyclic) bond motifs is 4. The Morgan fingerprint density at radius 2 is 1.92 bits per heavy atom. The molecular weight excluding hydrogens is 483 g/mol. The molecule has 4 aromatic rings. The zero-order valence-corrected chi connectivity index (χ0v) is 21.1. The van der Waals surface area contributed by atoms with Crippen molar-refractivity contribution in [3.63, 3.8) is 0 Å². The van der Waals surface area contributed by atoms with Crippen molar-refractivity contribution in [2.24, 2.45) is 11.8 Å². The smallest absolute Gasteiger partial charge is 0.253 e. The topological polar surface area (TPSA) is 83.6 Å². The summed E-state index contributed by atoms with van der Waals surface area (Å²) in [5.41, 5.74) is 1.64. The SMILES string of the molecule is C=CC1CN2CCC1CC2C(Nc1c(Nc2ccc(F)cc2)c(=O)c1=O)c1ccnc2ccc(OC)cc12. The van der Waals surface area contributed by atoms with Crippen LogP contribution in [0.15, 0.2) is 77.0 Å². The molecule has 5 atom stereocenters. The highest BCUT2D eigenvalue weighted by Gasteiger charge is 2.43. The van der Waals surface area contributed by atoms with E-state index < -0.39 is 10.9 Å². The molecule has 5 unspecified atom stereocenters. The summed E-state index contributed by atoms with van der Waals surface area (Å²) in [7, 11) is 1.63. The number of anilines is 3. The van der Waals surface area contributed by atoms with E-state index in [9.17, 15) is 14.0 Å². The minimum atomic E-state index is -0.589. The van der Waals surface area contributed by atoms with E-state index in [1.807, 2.05) is 24.3 Å². The fourth-order valence-electron chi connectivity index (χ4n) is 6.13. The summed E-state index contributed by atoms with van der Waals surface area (Å²) in [6.45, 7) is 5.93. The van der Waals surface area contributed by atoms with Gasteiger partial charge in [0.15, 0.2) is 0 Å². The number of hydrogen-bond acceptors (Lipinski definition) is 7. The van der Waals surface area contributed by atoms with Crippen LogP contribution >= 0.6 is 0 Å². The Bertz CT molecular complexity index is 1580. The van der Waals surface area contributed by atoms with Crippen LogP contribution in [-0.4, -0.2) is 36.1 Å². The second-order valence-corrected chi connectivity index (χ2v) is 10.2. The van der Waals surface area contributed by atoms with Crippen LogP contribution < -0.4 is 26.2 Å². The van der Waals surface area contributed by atoms with Gasteiger partial charge in [0.2, 0.25) is 0 Å². The number of halogens is 1. The van der Waals surface area contributed by atoms with Gasteiger partial charge in [-0.15, -0.1) is 6.58 Å². The highest BCUT2D eigenvalue weighted by atomic mass is 19.1. The second kappa shape index (κ2) is 9.68. The van der Waals surface area contributed by atoms with Gasteiger partial charge in [-0.05, 0) is 85.3 Å². The molecule has 0 aliphatic carbocycles. The molecule has 3 aliphatic heterocycles. The Kier molecular flexibility index (Phi) is 6.19. The fourth-order valence-corrected chi connectivity index (χ4v) is 6.13. The molecule has 7 nitrogen and oxygen atoms in total. The van der Waals surface area contributed by atoms with E-state index in [0.29, 0.717) is 17.5 Å². The molecule has 2 bridgehead atoms. The Labute approximate surface area is 219 Å².